The normalized spacial score (nSPS) is 12.8. The molecule has 0 bridgehead atoms. The van der Waals surface area contributed by atoms with Crippen LogP contribution in [0.1, 0.15) is 22.9 Å². The van der Waals surface area contributed by atoms with Crippen LogP contribution in [0.5, 0.6) is 0 Å². The summed E-state index contributed by atoms with van der Waals surface area (Å²) in [6, 6.07) is 1.75. The van der Waals surface area contributed by atoms with Crippen molar-refractivity contribution in [1.82, 2.24) is 14.8 Å². The van der Waals surface area contributed by atoms with E-state index in [2.05, 4.69) is 26.0 Å². The summed E-state index contributed by atoms with van der Waals surface area (Å²) in [6.07, 6.45) is 5.33. The summed E-state index contributed by atoms with van der Waals surface area (Å²) >= 11 is 3.46. The summed E-state index contributed by atoms with van der Waals surface area (Å²) in [6.45, 7) is 2.01. The maximum Gasteiger partial charge on any atom is 0.0738 e. The lowest BCUT2D eigenvalue weighted by atomic mass is 10.0. The molecule has 0 aliphatic heterocycles. The molecule has 0 aromatic carbocycles. The van der Waals surface area contributed by atoms with Gasteiger partial charge in [-0.15, -0.1) is 0 Å². The summed E-state index contributed by atoms with van der Waals surface area (Å²) in [5.74, 6) is 0. The number of aryl methyl sites for hydroxylation is 2. The number of hydrogen-bond donors (Lipinski definition) is 1. The predicted molar refractivity (Wildman–Crippen MR) is 65.9 cm³/mol. The third-order valence-electron chi connectivity index (χ3n) is 2.63. The molecule has 1 unspecified atom stereocenters. The van der Waals surface area contributed by atoms with Gasteiger partial charge in [0, 0.05) is 19.4 Å². The molecule has 84 valence electrons. The van der Waals surface area contributed by atoms with Crippen LogP contribution >= 0.6 is 15.9 Å². The number of rotatable bonds is 2. The second-order valence-electron chi connectivity index (χ2n) is 3.71. The van der Waals surface area contributed by atoms with Gasteiger partial charge >= 0.3 is 0 Å². The van der Waals surface area contributed by atoms with E-state index in [1.54, 1.807) is 17.1 Å². The standard InChI is InChI=1S/C11H13BrN4/c1-7-5-14-4-3-8(7)10(13)11-9(12)6-15-16(11)2/h3-6,10H,13H2,1-2H3. The zero-order valence-electron chi connectivity index (χ0n) is 9.18. The van der Waals surface area contributed by atoms with Crippen molar-refractivity contribution in [2.45, 2.75) is 13.0 Å². The van der Waals surface area contributed by atoms with Gasteiger partial charge in [0.15, 0.2) is 0 Å². The molecule has 2 N–H and O–H groups in total. The monoisotopic (exact) mass is 280 g/mol. The van der Waals surface area contributed by atoms with Crippen molar-refractivity contribution >= 4 is 15.9 Å². The van der Waals surface area contributed by atoms with E-state index in [1.165, 1.54) is 0 Å². The quantitative estimate of drug-likeness (QED) is 0.915. The van der Waals surface area contributed by atoms with Gasteiger partial charge in [0.1, 0.15) is 0 Å². The molecular formula is C11H13BrN4. The number of halogens is 1. The highest BCUT2D eigenvalue weighted by Crippen LogP contribution is 2.27. The van der Waals surface area contributed by atoms with E-state index in [4.69, 9.17) is 5.73 Å². The SMILES string of the molecule is Cc1cnccc1C(N)c1c(Br)cnn1C. The first-order valence-corrected chi connectivity index (χ1v) is 5.74. The van der Waals surface area contributed by atoms with Crippen molar-refractivity contribution in [2.24, 2.45) is 12.8 Å². The average Bonchev–Trinajstić information content (AvgIpc) is 2.58. The number of hydrogen-bond acceptors (Lipinski definition) is 3. The minimum absolute atomic E-state index is 0.190. The molecule has 2 rings (SSSR count). The lowest BCUT2D eigenvalue weighted by Gasteiger charge is -2.15. The number of pyridine rings is 1. The summed E-state index contributed by atoms with van der Waals surface area (Å²) in [7, 11) is 1.89. The lowest BCUT2D eigenvalue weighted by molar-refractivity contribution is 0.669. The van der Waals surface area contributed by atoms with Crippen LogP contribution in [0.4, 0.5) is 0 Å². The van der Waals surface area contributed by atoms with E-state index in [0.717, 1.165) is 21.3 Å². The van der Waals surface area contributed by atoms with Gasteiger partial charge in [-0.1, -0.05) is 0 Å². The molecular weight excluding hydrogens is 268 g/mol. The smallest absolute Gasteiger partial charge is 0.0738 e. The Bertz CT molecular complexity index is 487. The van der Waals surface area contributed by atoms with Crippen LogP contribution in [-0.4, -0.2) is 14.8 Å². The molecule has 0 saturated heterocycles. The van der Waals surface area contributed by atoms with E-state index >= 15 is 0 Å². The zero-order chi connectivity index (χ0) is 11.7. The minimum Gasteiger partial charge on any atom is -0.319 e. The highest BCUT2D eigenvalue weighted by molar-refractivity contribution is 9.10. The third-order valence-corrected chi connectivity index (χ3v) is 3.24. The van der Waals surface area contributed by atoms with Crippen LogP contribution in [0.2, 0.25) is 0 Å². The van der Waals surface area contributed by atoms with E-state index in [1.807, 2.05) is 26.2 Å². The number of nitrogens with zero attached hydrogens (tertiary/aromatic N) is 3. The van der Waals surface area contributed by atoms with Crippen molar-refractivity contribution in [1.29, 1.82) is 0 Å². The van der Waals surface area contributed by atoms with Gasteiger partial charge in [0.05, 0.1) is 22.4 Å². The van der Waals surface area contributed by atoms with Crippen LogP contribution in [-0.2, 0) is 7.05 Å². The maximum absolute atomic E-state index is 6.24. The number of nitrogens with two attached hydrogens (primary N) is 1. The molecule has 0 fully saturated rings. The zero-order valence-corrected chi connectivity index (χ0v) is 10.8. The third kappa shape index (κ3) is 1.88. The topological polar surface area (TPSA) is 56.7 Å². The minimum atomic E-state index is -0.190. The molecule has 0 saturated carbocycles. The average molecular weight is 281 g/mol. The summed E-state index contributed by atoms with van der Waals surface area (Å²) in [5, 5.41) is 4.17. The fourth-order valence-corrected chi connectivity index (χ4v) is 2.35. The van der Waals surface area contributed by atoms with Crippen molar-refractivity contribution in [3.63, 3.8) is 0 Å². The first kappa shape index (κ1) is 11.3. The van der Waals surface area contributed by atoms with Crippen LogP contribution in [0, 0.1) is 6.92 Å². The highest BCUT2D eigenvalue weighted by atomic mass is 79.9. The van der Waals surface area contributed by atoms with Crippen molar-refractivity contribution in [2.75, 3.05) is 0 Å². The van der Waals surface area contributed by atoms with Crippen LogP contribution < -0.4 is 5.73 Å². The van der Waals surface area contributed by atoms with E-state index in [-0.39, 0.29) is 6.04 Å². The first-order valence-electron chi connectivity index (χ1n) is 4.94. The second-order valence-corrected chi connectivity index (χ2v) is 4.57. The predicted octanol–water partition coefficient (Wildman–Crippen LogP) is 1.93. The fraction of sp³-hybridized carbons (Fsp3) is 0.273. The van der Waals surface area contributed by atoms with Gasteiger partial charge < -0.3 is 5.73 Å². The molecule has 1 atom stereocenters. The first-order chi connectivity index (χ1) is 7.61. The van der Waals surface area contributed by atoms with Gasteiger partial charge in [-0.2, -0.15) is 5.10 Å². The molecule has 2 heterocycles. The second kappa shape index (κ2) is 4.35. The van der Waals surface area contributed by atoms with Gasteiger partial charge in [0.25, 0.3) is 0 Å². The van der Waals surface area contributed by atoms with E-state index in [0.29, 0.717) is 0 Å². The molecule has 0 amide bonds. The Balaban J connectivity index is 2.47. The van der Waals surface area contributed by atoms with Crippen molar-refractivity contribution in [3.8, 4) is 0 Å². The Morgan fingerprint density at radius 2 is 2.19 bits per heavy atom. The van der Waals surface area contributed by atoms with Gasteiger partial charge in [-0.25, -0.2) is 0 Å². The summed E-state index contributed by atoms with van der Waals surface area (Å²) in [4.78, 5) is 4.06. The molecule has 16 heavy (non-hydrogen) atoms. The fourth-order valence-electron chi connectivity index (χ4n) is 1.75. The van der Waals surface area contributed by atoms with Crippen LogP contribution in [0.25, 0.3) is 0 Å². The largest absolute Gasteiger partial charge is 0.319 e. The Hall–Kier alpha value is -1.20. The molecule has 5 heteroatoms. The van der Waals surface area contributed by atoms with Crippen molar-refractivity contribution in [3.05, 3.63) is 46.0 Å². The molecule has 0 spiro atoms. The molecule has 2 aromatic heterocycles. The highest BCUT2D eigenvalue weighted by Gasteiger charge is 2.17. The van der Waals surface area contributed by atoms with Crippen LogP contribution in [0.3, 0.4) is 0 Å². The van der Waals surface area contributed by atoms with Crippen molar-refractivity contribution < 1.29 is 0 Å². The number of aromatic nitrogens is 3. The molecule has 0 aliphatic carbocycles. The van der Waals surface area contributed by atoms with E-state index < -0.39 is 0 Å². The van der Waals surface area contributed by atoms with E-state index in [9.17, 15) is 0 Å². The van der Waals surface area contributed by atoms with Gasteiger partial charge in [-0.3, -0.25) is 9.67 Å². The summed E-state index contributed by atoms with van der Waals surface area (Å²) in [5.41, 5.74) is 9.37. The Labute approximate surface area is 103 Å². The molecule has 0 radical (unpaired) electrons. The lowest BCUT2D eigenvalue weighted by Crippen LogP contribution is -2.17. The molecule has 2 aromatic rings. The van der Waals surface area contributed by atoms with Gasteiger partial charge in [-0.05, 0) is 40.0 Å². The maximum atomic E-state index is 6.24. The Morgan fingerprint density at radius 1 is 1.44 bits per heavy atom. The van der Waals surface area contributed by atoms with Crippen LogP contribution in [0.15, 0.2) is 29.1 Å². The molecule has 0 aliphatic rings. The Kier molecular flexibility index (Phi) is 3.07. The summed E-state index contributed by atoms with van der Waals surface area (Å²) < 4.78 is 2.72. The van der Waals surface area contributed by atoms with Gasteiger partial charge in [0.2, 0.25) is 0 Å². The molecule has 4 nitrogen and oxygen atoms in total. The Morgan fingerprint density at radius 3 is 2.75 bits per heavy atom.